The molecule has 0 saturated heterocycles. The zero-order valence-electron chi connectivity index (χ0n) is 13.1. The maximum absolute atomic E-state index is 10.8. The van der Waals surface area contributed by atoms with Crippen molar-refractivity contribution < 1.29 is 14.6 Å². The largest absolute Gasteiger partial charge is 0.478 e. The van der Waals surface area contributed by atoms with Crippen molar-refractivity contribution in [2.24, 2.45) is 0 Å². The van der Waals surface area contributed by atoms with E-state index in [0.29, 0.717) is 11.8 Å². The Balaban J connectivity index is 1.65. The van der Waals surface area contributed by atoms with Crippen LogP contribution in [0, 0.1) is 0 Å². The lowest BCUT2D eigenvalue weighted by Gasteiger charge is -2.15. The Kier molecular flexibility index (Phi) is 4.91. The molecule has 0 bridgehead atoms. The summed E-state index contributed by atoms with van der Waals surface area (Å²) in [4.78, 5) is 14.8. The van der Waals surface area contributed by atoms with Gasteiger partial charge in [-0.1, -0.05) is 37.8 Å². The number of ether oxygens (including phenoxy) is 1. The van der Waals surface area contributed by atoms with Crippen molar-refractivity contribution in [1.82, 2.24) is 4.98 Å². The Hall–Kier alpha value is -2.36. The first-order chi connectivity index (χ1) is 11.2. The van der Waals surface area contributed by atoms with Gasteiger partial charge in [0.25, 0.3) is 0 Å². The molecule has 1 heterocycles. The molecule has 1 aliphatic carbocycles. The molecule has 3 rings (SSSR count). The van der Waals surface area contributed by atoms with E-state index >= 15 is 0 Å². The van der Waals surface area contributed by atoms with Gasteiger partial charge in [-0.3, -0.25) is 0 Å². The van der Waals surface area contributed by atoms with Crippen LogP contribution < -0.4 is 4.74 Å². The zero-order chi connectivity index (χ0) is 16.1. The second-order valence-corrected chi connectivity index (χ2v) is 6.05. The molecule has 1 aromatic heterocycles. The predicted octanol–water partition coefficient (Wildman–Crippen LogP) is 5.01. The fourth-order valence-electron chi connectivity index (χ4n) is 3.11. The lowest BCUT2D eigenvalue weighted by atomic mass is 9.92. The van der Waals surface area contributed by atoms with Gasteiger partial charge < -0.3 is 9.84 Å². The molecule has 0 spiro atoms. The van der Waals surface area contributed by atoms with Crippen molar-refractivity contribution in [1.29, 1.82) is 0 Å². The van der Waals surface area contributed by atoms with Gasteiger partial charge in [-0.25, -0.2) is 9.78 Å². The van der Waals surface area contributed by atoms with E-state index in [0.717, 1.165) is 5.75 Å². The lowest BCUT2D eigenvalue weighted by molar-refractivity contribution is 0.0696. The van der Waals surface area contributed by atoms with Crippen LogP contribution in [0.3, 0.4) is 0 Å². The molecule has 4 heteroatoms. The molecule has 0 unspecified atom stereocenters. The van der Waals surface area contributed by atoms with E-state index in [2.05, 4.69) is 17.1 Å². The third-order valence-electron chi connectivity index (χ3n) is 4.41. The van der Waals surface area contributed by atoms with Crippen molar-refractivity contribution in [3.05, 3.63) is 53.7 Å². The number of carboxylic acids is 1. The number of nitrogens with zero attached hydrogens (tertiary/aromatic N) is 1. The summed E-state index contributed by atoms with van der Waals surface area (Å²) in [6.07, 6.45) is 9.21. The highest BCUT2D eigenvalue weighted by Gasteiger charge is 2.14. The maximum atomic E-state index is 10.8. The number of rotatable bonds is 4. The van der Waals surface area contributed by atoms with Gasteiger partial charge in [0.15, 0.2) is 0 Å². The highest BCUT2D eigenvalue weighted by atomic mass is 16.5. The molecule has 23 heavy (non-hydrogen) atoms. The molecule has 4 nitrogen and oxygen atoms in total. The fourth-order valence-corrected chi connectivity index (χ4v) is 3.11. The Morgan fingerprint density at radius 2 is 1.70 bits per heavy atom. The molecule has 1 fully saturated rings. The van der Waals surface area contributed by atoms with Crippen molar-refractivity contribution in [2.75, 3.05) is 0 Å². The molecule has 2 aromatic rings. The number of carbonyl (C=O) groups is 1. The molecule has 0 aliphatic heterocycles. The number of hydrogen-bond acceptors (Lipinski definition) is 3. The molecule has 1 saturated carbocycles. The summed E-state index contributed by atoms with van der Waals surface area (Å²) in [6.45, 7) is 0. The van der Waals surface area contributed by atoms with E-state index in [-0.39, 0.29) is 5.56 Å². The van der Waals surface area contributed by atoms with Crippen LogP contribution >= 0.6 is 0 Å². The maximum Gasteiger partial charge on any atom is 0.337 e. The number of carboxylic acid groups (broad SMARTS) is 1. The summed E-state index contributed by atoms with van der Waals surface area (Å²) in [5, 5.41) is 8.86. The molecule has 1 N–H and O–H groups in total. The van der Waals surface area contributed by atoms with E-state index in [1.165, 1.54) is 56.4 Å². The van der Waals surface area contributed by atoms with Gasteiger partial charge in [-0.05, 0) is 42.5 Å². The third-order valence-corrected chi connectivity index (χ3v) is 4.41. The zero-order valence-corrected chi connectivity index (χ0v) is 13.1. The van der Waals surface area contributed by atoms with Crippen LogP contribution in [0.2, 0.25) is 0 Å². The summed E-state index contributed by atoms with van der Waals surface area (Å²) in [6, 6.07) is 11.3. The smallest absolute Gasteiger partial charge is 0.337 e. The first kappa shape index (κ1) is 15.5. The second kappa shape index (κ2) is 7.27. The topological polar surface area (TPSA) is 59.4 Å². The highest BCUT2D eigenvalue weighted by Crippen LogP contribution is 2.32. The van der Waals surface area contributed by atoms with Gasteiger partial charge in [0.1, 0.15) is 5.75 Å². The fraction of sp³-hybridized carbons (Fsp3) is 0.368. The van der Waals surface area contributed by atoms with Crippen molar-refractivity contribution in [3.63, 3.8) is 0 Å². The quantitative estimate of drug-likeness (QED) is 0.806. The number of pyridine rings is 1. The Morgan fingerprint density at radius 3 is 2.26 bits per heavy atom. The predicted molar refractivity (Wildman–Crippen MR) is 88.2 cm³/mol. The Bertz CT molecular complexity index is 641. The third kappa shape index (κ3) is 4.09. The molecular weight excluding hydrogens is 290 g/mol. The number of hydrogen-bond donors (Lipinski definition) is 1. The lowest BCUT2D eigenvalue weighted by Crippen LogP contribution is -1.98. The molecule has 0 radical (unpaired) electrons. The van der Waals surface area contributed by atoms with Crippen LogP contribution in [-0.2, 0) is 0 Å². The van der Waals surface area contributed by atoms with Gasteiger partial charge >= 0.3 is 5.97 Å². The van der Waals surface area contributed by atoms with Gasteiger partial charge in [-0.2, -0.15) is 0 Å². The van der Waals surface area contributed by atoms with Crippen LogP contribution in [0.15, 0.2) is 42.6 Å². The first-order valence-electron chi connectivity index (χ1n) is 8.19. The summed E-state index contributed by atoms with van der Waals surface area (Å²) in [5.74, 6) is 0.798. The standard InChI is InChI=1S/C19H21NO3/c21-19(22)16-9-12-18(20-13-16)23-17-10-7-15(8-11-17)14-5-3-1-2-4-6-14/h7-14H,1-6H2,(H,21,22). The van der Waals surface area contributed by atoms with E-state index in [9.17, 15) is 4.79 Å². The minimum absolute atomic E-state index is 0.154. The highest BCUT2D eigenvalue weighted by molar-refractivity contribution is 5.87. The van der Waals surface area contributed by atoms with Gasteiger partial charge in [-0.15, -0.1) is 0 Å². The minimum atomic E-state index is -0.989. The van der Waals surface area contributed by atoms with E-state index < -0.39 is 5.97 Å². The monoisotopic (exact) mass is 311 g/mol. The van der Waals surface area contributed by atoms with Gasteiger partial charge in [0, 0.05) is 12.3 Å². The Labute approximate surface area is 136 Å². The van der Waals surface area contributed by atoms with Crippen molar-refractivity contribution >= 4 is 5.97 Å². The van der Waals surface area contributed by atoms with Crippen molar-refractivity contribution in [2.45, 2.75) is 44.4 Å². The second-order valence-electron chi connectivity index (χ2n) is 6.05. The first-order valence-corrected chi connectivity index (χ1v) is 8.19. The van der Waals surface area contributed by atoms with Crippen LogP contribution in [0.5, 0.6) is 11.6 Å². The summed E-state index contributed by atoms with van der Waals surface area (Å²) >= 11 is 0. The van der Waals surface area contributed by atoms with Crippen LogP contribution in [0.1, 0.15) is 60.4 Å². The van der Waals surface area contributed by atoms with Gasteiger partial charge in [0.05, 0.1) is 5.56 Å². The summed E-state index contributed by atoms with van der Waals surface area (Å²) < 4.78 is 5.68. The number of aromatic carboxylic acids is 1. The SMILES string of the molecule is O=C(O)c1ccc(Oc2ccc(C3CCCCCC3)cc2)nc1. The van der Waals surface area contributed by atoms with E-state index in [4.69, 9.17) is 9.84 Å². The minimum Gasteiger partial charge on any atom is -0.478 e. The van der Waals surface area contributed by atoms with E-state index in [1.54, 1.807) is 6.07 Å². The van der Waals surface area contributed by atoms with E-state index in [1.807, 2.05) is 12.1 Å². The Morgan fingerprint density at radius 1 is 1.00 bits per heavy atom. The molecule has 1 aromatic carbocycles. The summed E-state index contributed by atoms with van der Waals surface area (Å²) in [5.41, 5.74) is 1.54. The molecule has 0 atom stereocenters. The number of benzene rings is 1. The summed E-state index contributed by atoms with van der Waals surface area (Å²) in [7, 11) is 0. The van der Waals surface area contributed by atoms with Crippen LogP contribution in [-0.4, -0.2) is 16.1 Å². The molecule has 0 amide bonds. The van der Waals surface area contributed by atoms with Crippen molar-refractivity contribution in [3.8, 4) is 11.6 Å². The molecule has 1 aliphatic rings. The normalized spacial score (nSPS) is 15.8. The number of aromatic nitrogens is 1. The van der Waals surface area contributed by atoms with Crippen LogP contribution in [0.4, 0.5) is 0 Å². The van der Waals surface area contributed by atoms with Gasteiger partial charge in [0.2, 0.25) is 5.88 Å². The molecule has 120 valence electrons. The van der Waals surface area contributed by atoms with Crippen LogP contribution in [0.25, 0.3) is 0 Å². The average Bonchev–Trinajstić information content (AvgIpc) is 2.85. The average molecular weight is 311 g/mol. The molecular formula is C19H21NO3.